The zero-order valence-electron chi connectivity index (χ0n) is 4.98. The summed E-state index contributed by atoms with van der Waals surface area (Å²) in [5.41, 5.74) is 0. The molecule has 0 spiro atoms. The summed E-state index contributed by atoms with van der Waals surface area (Å²) in [5.74, 6) is 0. The number of hydrogen-bond acceptors (Lipinski definition) is 5. The van der Waals surface area contributed by atoms with E-state index in [-0.39, 0.29) is 6.15 Å². The van der Waals surface area contributed by atoms with Crippen molar-refractivity contribution in [2.24, 2.45) is 0 Å². The van der Waals surface area contributed by atoms with Crippen molar-refractivity contribution in [3.63, 3.8) is 0 Å². The van der Waals surface area contributed by atoms with Crippen molar-refractivity contribution in [1.29, 1.82) is 0 Å². The second kappa shape index (κ2) is 4.82. The van der Waals surface area contributed by atoms with E-state index in [0.29, 0.717) is 0 Å². The normalized spacial score (nSPS) is 16.6. The van der Waals surface area contributed by atoms with E-state index >= 15 is 0 Å². The van der Waals surface area contributed by atoms with Gasteiger partial charge >= 0.3 is 67.1 Å². The van der Waals surface area contributed by atoms with Crippen LogP contribution in [-0.4, -0.2) is 14.7 Å². The van der Waals surface area contributed by atoms with Crippen LogP contribution in [0.1, 0.15) is 0 Å². The third kappa shape index (κ3) is 8.82. The van der Waals surface area contributed by atoms with E-state index < -0.39 is 15.6 Å². The van der Waals surface area contributed by atoms with Crippen LogP contribution in [0.15, 0.2) is 0 Å². The third-order valence-corrected chi connectivity index (χ3v) is 3.56. The van der Waals surface area contributed by atoms with Gasteiger partial charge in [0.1, 0.15) is 0 Å². The average Bonchev–Trinajstić information content (AvgIpc) is 1.60. The maximum atomic E-state index is 10.2. The van der Waals surface area contributed by atoms with Crippen LogP contribution in [0.5, 0.6) is 0 Å². The van der Waals surface area contributed by atoms with Crippen molar-refractivity contribution >= 4 is 15.6 Å². The summed E-state index contributed by atoms with van der Waals surface area (Å²) < 4.78 is 27.1. The third-order valence-electron chi connectivity index (χ3n) is 0.304. The van der Waals surface area contributed by atoms with Gasteiger partial charge in [0.25, 0.3) is 0 Å². The monoisotopic (exact) mass is 292 g/mol. The summed E-state index contributed by atoms with van der Waals surface area (Å²) in [7, 11) is -9.49. The Hall–Kier alpha value is 0.908. The molecule has 0 saturated heterocycles. The SMILES string of the molecule is N.O=P(O)(O)OP(=O)(O)[O][Mo]. The number of phosphoric acid groups is 2. The zero-order valence-corrected chi connectivity index (χ0v) is 8.78. The van der Waals surface area contributed by atoms with Gasteiger partial charge in [0.15, 0.2) is 0 Å². The number of rotatable bonds is 3. The summed E-state index contributed by atoms with van der Waals surface area (Å²) in [6.45, 7) is 0. The summed E-state index contributed by atoms with van der Waals surface area (Å²) in [6, 6.07) is 0. The topological polar surface area (TPSA) is 148 Å². The molecule has 0 aromatic rings. The van der Waals surface area contributed by atoms with Crippen LogP contribution >= 0.6 is 15.6 Å². The van der Waals surface area contributed by atoms with Crippen LogP contribution in [0, 0.1) is 0 Å². The zero-order chi connectivity index (χ0) is 8.41. The first-order valence-electron chi connectivity index (χ1n) is 1.68. The van der Waals surface area contributed by atoms with Crippen LogP contribution in [0.2, 0.25) is 0 Å². The summed E-state index contributed by atoms with van der Waals surface area (Å²) in [6.07, 6.45) is 0. The van der Waals surface area contributed by atoms with Crippen molar-refractivity contribution in [3.8, 4) is 0 Å². The van der Waals surface area contributed by atoms with Crippen LogP contribution in [0.25, 0.3) is 0 Å². The molecule has 11 heavy (non-hydrogen) atoms. The van der Waals surface area contributed by atoms with Crippen LogP contribution in [0.4, 0.5) is 0 Å². The molecule has 8 nitrogen and oxygen atoms in total. The predicted octanol–water partition coefficient (Wildman–Crippen LogP) is -0.164. The average molecular weight is 290 g/mol. The van der Waals surface area contributed by atoms with E-state index in [2.05, 4.69) is 7.49 Å². The van der Waals surface area contributed by atoms with E-state index in [1.165, 1.54) is 0 Å². The van der Waals surface area contributed by atoms with Crippen molar-refractivity contribution in [2.45, 2.75) is 0 Å². The van der Waals surface area contributed by atoms with Gasteiger partial charge in [0, 0.05) is 0 Å². The van der Waals surface area contributed by atoms with Gasteiger partial charge in [-0.15, -0.1) is 0 Å². The Balaban J connectivity index is 0. The molecule has 11 heteroatoms. The molecule has 0 rings (SSSR count). The van der Waals surface area contributed by atoms with E-state index in [4.69, 9.17) is 14.7 Å². The van der Waals surface area contributed by atoms with Gasteiger partial charge < -0.3 is 6.15 Å². The molecular weight excluding hydrogens is 284 g/mol. The Morgan fingerprint density at radius 3 is 1.64 bits per heavy atom. The predicted molar refractivity (Wildman–Crippen MR) is 29.1 cm³/mol. The van der Waals surface area contributed by atoms with Gasteiger partial charge in [-0.05, 0) is 0 Å². The summed E-state index contributed by atoms with van der Waals surface area (Å²) in [5, 5.41) is 0. The van der Waals surface area contributed by atoms with Crippen molar-refractivity contribution in [3.05, 3.63) is 0 Å². The van der Waals surface area contributed by atoms with Gasteiger partial charge in [-0.3, -0.25) is 0 Å². The van der Waals surface area contributed by atoms with Crippen LogP contribution in [0.3, 0.4) is 0 Å². The molecule has 0 aliphatic heterocycles. The molecule has 0 saturated carbocycles. The minimum atomic E-state index is -4.94. The minimum absolute atomic E-state index is 0. The molecule has 0 aromatic heterocycles. The summed E-state index contributed by atoms with van der Waals surface area (Å²) in [4.78, 5) is 24.2. The van der Waals surface area contributed by atoms with Crippen molar-refractivity contribution in [2.75, 3.05) is 0 Å². The molecule has 0 aliphatic rings. The van der Waals surface area contributed by atoms with Gasteiger partial charge in [0.2, 0.25) is 0 Å². The van der Waals surface area contributed by atoms with E-state index in [0.717, 1.165) is 20.2 Å². The Bertz CT molecular complexity index is 195. The Labute approximate surface area is 73.7 Å². The van der Waals surface area contributed by atoms with Crippen LogP contribution in [-0.2, 0) is 36.8 Å². The molecular formula is H6MoNO7P2. The van der Waals surface area contributed by atoms with E-state index in [9.17, 15) is 9.13 Å². The Morgan fingerprint density at radius 2 is 1.55 bits per heavy atom. The fraction of sp³-hybridized carbons (Fsp3) is 0. The summed E-state index contributed by atoms with van der Waals surface area (Å²) >= 11 is 0.721. The maximum absolute atomic E-state index is 10.2. The molecule has 0 aromatic carbocycles. The van der Waals surface area contributed by atoms with Gasteiger partial charge in [-0.1, -0.05) is 0 Å². The van der Waals surface area contributed by atoms with Crippen molar-refractivity contribution in [1.82, 2.24) is 6.15 Å². The molecule has 0 fully saturated rings. The molecule has 1 unspecified atom stereocenters. The van der Waals surface area contributed by atoms with E-state index in [1.54, 1.807) is 0 Å². The second-order valence-corrected chi connectivity index (χ2v) is 4.94. The molecule has 0 radical (unpaired) electrons. The molecule has 0 heterocycles. The van der Waals surface area contributed by atoms with Gasteiger partial charge in [0.05, 0.1) is 0 Å². The molecule has 69 valence electrons. The van der Waals surface area contributed by atoms with Gasteiger partial charge in [-0.25, -0.2) is 0 Å². The van der Waals surface area contributed by atoms with Crippen LogP contribution < -0.4 is 6.15 Å². The first kappa shape index (κ1) is 14.4. The molecule has 0 bridgehead atoms. The Kier molecular flexibility index (Phi) is 6.32. The molecule has 0 aliphatic carbocycles. The van der Waals surface area contributed by atoms with E-state index in [1.807, 2.05) is 0 Å². The fourth-order valence-electron chi connectivity index (χ4n) is 0.148. The second-order valence-electron chi connectivity index (χ2n) is 1.12. The quantitative estimate of drug-likeness (QED) is 0.413. The fourth-order valence-corrected chi connectivity index (χ4v) is 1.93. The molecule has 0 amide bonds. The first-order chi connectivity index (χ1) is 4.27. The standard InChI is InChI=1S/Mo.H3N.H4O7P2/c;;1-8(2,3)7-9(4,5)6/h;1H3;(H2,1,2,3)(H2,4,5,6)/q+1;;/p-1. The first-order valence-corrected chi connectivity index (χ1v) is 5.52. The number of hydrogen-bond donors (Lipinski definition) is 4. The van der Waals surface area contributed by atoms with Gasteiger partial charge in [-0.2, -0.15) is 0 Å². The Morgan fingerprint density at radius 1 is 1.18 bits per heavy atom. The van der Waals surface area contributed by atoms with Crippen molar-refractivity contribution < 1.29 is 51.5 Å². The molecule has 6 N–H and O–H groups in total. The molecule has 1 atom stereocenters.